The molecule has 0 radical (unpaired) electrons. The third-order valence-corrected chi connectivity index (χ3v) is 3.73. The van der Waals surface area contributed by atoms with E-state index in [0.29, 0.717) is 0 Å². The molecule has 0 saturated carbocycles. The largest absolute Gasteiger partial charge is 0.466 e. The first-order valence-electron chi connectivity index (χ1n) is 7.75. The van der Waals surface area contributed by atoms with Crippen LogP contribution < -0.4 is 0 Å². The highest BCUT2D eigenvalue weighted by Gasteiger charge is 2.49. The fraction of sp³-hybridized carbons (Fsp3) is 0.750. The average molecular weight is 311 g/mol. The van der Waals surface area contributed by atoms with Gasteiger partial charge in [-0.15, -0.1) is 0 Å². The quantitative estimate of drug-likeness (QED) is 0.550. The first-order chi connectivity index (χ1) is 10.3. The topological polar surface area (TPSA) is 65.1 Å². The molecule has 1 aliphatic heterocycles. The zero-order valence-corrected chi connectivity index (χ0v) is 13.7. The number of fused-ring (bicyclic) bond motifs is 1. The van der Waals surface area contributed by atoms with Crippen LogP contribution in [0.25, 0.3) is 0 Å². The second kappa shape index (κ2) is 6.69. The second-order valence-corrected chi connectivity index (χ2v) is 6.64. The number of hydrogen-bond donors (Lipinski definition) is 0. The summed E-state index contributed by atoms with van der Waals surface area (Å²) in [6.45, 7) is 5.39. The number of allylic oxidation sites excluding steroid dienone is 1. The lowest BCUT2D eigenvalue weighted by Gasteiger charge is -2.30. The number of hydrogen-bond acceptors (Lipinski definition) is 5. The summed E-state index contributed by atoms with van der Waals surface area (Å²) in [6.07, 6.45) is 5.91. The Morgan fingerprint density at radius 1 is 1.27 bits per heavy atom. The van der Waals surface area contributed by atoms with Crippen LogP contribution >= 0.6 is 0 Å². The molecule has 124 valence electrons. The van der Waals surface area contributed by atoms with Gasteiger partial charge in [0.15, 0.2) is 0 Å². The lowest BCUT2D eigenvalue weighted by atomic mass is 9.99. The predicted octanol–water partition coefficient (Wildman–Crippen LogP) is 2.62. The first kappa shape index (κ1) is 16.8. The van der Waals surface area contributed by atoms with Crippen LogP contribution in [0.2, 0.25) is 0 Å². The Morgan fingerprint density at radius 3 is 2.64 bits per heavy atom. The molecular formula is C16H25NO5. The van der Waals surface area contributed by atoms with Crippen molar-refractivity contribution in [1.82, 2.24) is 4.90 Å². The van der Waals surface area contributed by atoms with Crippen LogP contribution in [0, 0.1) is 0 Å². The van der Waals surface area contributed by atoms with Gasteiger partial charge in [0.2, 0.25) is 6.23 Å². The SMILES string of the molecule is COC(=O)C1O[C@H]2/C=C\CCCC[C@H]2N1C(=O)OC(C)(C)C. The Hall–Kier alpha value is -1.56. The molecule has 0 spiro atoms. The van der Waals surface area contributed by atoms with E-state index in [0.717, 1.165) is 25.7 Å². The number of nitrogens with zero attached hydrogens (tertiary/aromatic N) is 1. The normalized spacial score (nSPS) is 30.0. The van der Waals surface area contributed by atoms with Crippen LogP contribution in [-0.2, 0) is 19.0 Å². The molecule has 1 saturated heterocycles. The van der Waals surface area contributed by atoms with E-state index in [4.69, 9.17) is 14.2 Å². The summed E-state index contributed by atoms with van der Waals surface area (Å²) in [5, 5.41) is 0. The molecule has 6 heteroatoms. The van der Waals surface area contributed by atoms with Crippen LogP contribution in [-0.4, -0.2) is 48.0 Å². The summed E-state index contributed by atoms with van der Waals surface area (Å²) in [4.78, 5) is 25.9. The van der Waals surface area contributed by atoms with Gasteiger partial charge in [0.25, 0.3) is 0 Å². The first-order valence-corrected chi connectivity index (χ1v) is 7.75. The van der Waals surface area contributed by atoms with Crippen molar-refractivity contribution in [3.05, 3.63) is 12.2 Å². The Bertz CT molecular complexity index is 454. The van der Waals surface area contributed by atoms with Crippen molar-refractivity contribution in [3.63, 3.8) is 0 Å². The number of ether oxygens (including phenoxy) is 3. The summed E-state index contributed by atoms with van der Waals surface area (Å²) >= 11 is 0. The lowest BCUT2D eigenvalue weighted by Crippen LogP contribution is -2.48. The molecule has 1 amide bonds. The molecule has 0 aromatic rings. The Labute approximate surface area is 131 Å². The van der Waals surface area contributed by atoms with E-state index in [1.807, 2.05) is 12.2 Å². The summed E-state index contributed by atoms with van der Waals surface area (Å²) in [6, 6.07) is -0.199. The molecule has 1 fully saturated rings. The van der Waals surface area contributed by atoms with Crippen LogP contribution in [0.4, 0.5) is 4.79 Å². The van der Waals surface area contributed by atoms with E-state index >= 15 is 0 Å². The maximum Gasteiger partial charge on any atom is 0.413 e. The standard InChI is InChI=1S/C16H25NO5/c1-16(2,3)22-15(19)17-11-9-7-5-6-8-10-12(11)21-13(17)14(18)20-4/h8,10-13H,5-7,9H2,1-4H3/b10-8-/t11-,12+,13?/m1/s1. The lowest BCUT2D eigenvalue weighted by molar-refractivity contribution is -0.159. The number of rotatable bonds is 1. The molecule has 0 aromatic heterocycles. The maximum absolute atomic E-state index is 12.5. The van der Waals surface area contributed by atoms with Crippen molar-refractivity contribution in [1.29, 1.82) is 0 Å². The molecular weight excluding hydrogens is 286 g/mol. The van der Waals surface area contributed by atoms with Gasteiger partial charge in [0, 0.05) is 0 Å². The fourth-order valence-electron chi connectivity index (χ4n) is 2.78. The van der Waals surface area contributed by atoms with Crippen molar-refractivity contribution in [3.8, 4) is 0 Å². The number of carbonyl (C=O) groups excluding carboxylic acids is 2. The zero-order chi connectivity index (χ0) is 16.3. The van der Waals surface area contributed by atoms with Gasteiger partial charge >= 0.3 is 12.1 Å². The highest BCUT2D eigenvalue weighted by Crippen LogP contribution is 2.32. The number of amides is 1. The molecule has 22 heavy (non-hydrogen) atoms. The minimum Gasteiger partial charge on any atom is -0.466 e. The van der Waals surface area contributed by atoms with E-state index in [-0.39, 0.29) is 12.1 Å². The molecule has 0 aromatic carbocycles. The summed E-state index contributed by atoms with van der Waals surface area (Å²) in [7, 11) is 1.29. The number of esters is 1. The zero-order valence-electron chi connectivity index (χ0n) is 13.7. The van der Waals surface area contributed by atoms with Gasteiger partial charge in [-0.25, -0.2) is 9.59 Å². The van der Waals surface area contributed by atoms with Gasteiger partial charge in [-0.3, -0.25) is 4.90 Å². The highest BCUT2D eigenvalue weighted by atomic mass is 16.6. The van der Waals surface area contributed by atoms with Crippen molar-refractivity contribution in [2.75, 3.05) is 7.11 Å². The third-order valence-electron chi connectivity index (χ3n) is 3.73. The molecule has 1 aliphatic carbocycles. The summed E-state index contributed by atoms with van der Waals surface area (Å²) in [5.41, 5.74) is -0.632. The van der Waals surface area contributed by atoms with Crippen LogP contribution in [0.5, 0.6) is 0 Å². The minimum atomic E-state index is -1.04. The summed E-state index contributed by atoms with van der Waals surface area (Å²) < 4.78 is 16.0. The highest BCUT2D eigenvalue weighted by molar-refractivity contribution is 5.81. The van der Waals surface area contributed by atoms with Crippen molar-refractivity contribution in [2.24, 2.45) is 0 Å². The molecule has 2 rings (SSSR count). The molecule has 2 aliphatic rings. The Balaban J connectivity index is 2.26. The monoisotopic (exact) mass is 311 g/mol. The van der Waals surface area contributed by atoms with Crippen molar-refractivity contribution >= 4 is 12.1 Å². The second-order valence-electron chi connectivity index (χ2n) is 6.64. The predicted molar refractivity (Wildman–Crippen MR) is 80.1 cm³/mol. The van der Waals surface area contributed by atoms with Gasteiger partial charge in [0.05, 0.1) is 19.3 Å². The third kappa shape index (κ3) is 3.80. The molecule has 1 heterocycles. The molecule has 3 atom stereocenters. The molecule has 0 N–H and O–H groups in total. The molecule has 6 nitrogen and oxygen atoms in total. The minimum absolute atomic E-state index is 0.199. The van der Waals surface area contributed by atoms with Crippen LogP contribution in [0.3, 0.4) is 0 Å². The fourth-order valence-corrected chi connectivity index (χ4v) is 2.78. The summed E-state index contributed by atoms with van der Waals surface area (Å²) in [5.74, 6) is -0.578. The van der Waals surface area contributed by atoms with E-state index in [2.05, 4.69) is 0 Å². The van der Waals surface area contributed by atoms with E-state index < -0.39 is 23.9 Å². The van der Waals surface area contributed by atoms with Crippen LogP contribution in [0.1, 0.15) is 46.5 Å². The average Bonchev–Trinajstić information content (AvgIpc) is 2.74. The van der Waals surface area contributed by atoms with Gasteiger partial charge in [-0.05, 0) is 40.0 Å². The smallest absolute Gasteiger partial charge is 0.413 e. The van der Waals surface area contributed by atoms with E-state index in [1.165, 1.54) is 12.0 Å². The van der Waals surface area contributed by atoms with Crippen molar-refractivity contribution < 1.29 is 23.8 Å². The van der Waals surface area contributed by atoms with E-state index in [9.17, 15) is 9.59 Å². The van der Waals surface area contributed by atoms with E-state index in [1.54, 1.807) is 20.8 Å². The maximum atomic E-state index is 12.5. The van der Waals surface area contributed by atoms with Crippen molar-refractivity contribution in [2.45, 2.75) is 70.4 Å². The van der Waals surface area contributed by atoms with Gasteiger partial charge < -0.3 is 14.2 Å². The van der Waals surface area contributed by atoms with Gasteiger partial charge in [-0.1, -0.05) is 18.6 Å². The van der Waals surface area contributed by atoms with Gasteiger partial charge in [-0.2, -0.15) is 0 Å². The number of methoxy groups -OCH3 is 1. The molecule has 1 unspecified atom stereocenters. The Kier molecular flexibility index (Phi) is 5.11. The molecule has 0 bridgehead atoms. The Morgan fingerprint density at radius 2 is 2.00 bits per heavy atom. The van der Waals surface area contributed by atoms with Gasteiger partial charge in [0.1, 0.15) is 5.60 Å². The van der Waals surface area contributed by atoms with Crippen LogP contribution in [0.15, 0.2) is 12.2 Å². The number of carbonyl (C=O) groups is 2.